The molecule has 1 heterocycles. The van der Waals surface area contributed by atoms with Crippen molar-refractivity contribution >= 4 is 33.3 Å². The van der Waals surface area contributed by atoms with Crippen molar-refractivity contribution in [3.63, 3.8) is 0 Å². The van der Waals surface area contributed by atoms with Crippen molar-refractivity contribution in [3.8, 4) is 11.5 Å². The number of amides is 2. The molecule has 11 heteroatoms. The zero-order chi connectivity index (χ0) is 22.6. The number of hydrogen-bond acceptors (Lipinski definition) is 5. The van der Waals surface area contributed by atoms with Gasteiger partial charge in [-0.15, -0.1) is 0 Å². The number of carbonyl (C=O) groups excluding carboxylic acids is 1. The molecular formula is C20H23ClFN3O5S. The molecule has 1 aliphatic heterocycles. The number of rotatable bonds is 6. The number of piperidine rings is 1. The van der Waals surface area contributed by atoms with Gasteiger partial charge in [0.2, 0.25) is 10.0 Å². The fourth-order valence-electron chi connectivity index (χ4n) is 3.25. The van der Waals surface area contributed by atoms with E-state index in [4.69, 9.17) is 21.1 Å². The van der Waals surface area contributed by atoms with E-state index in [1.165, 1.54) is 26.4 Å². The van der Waals surface area contributed by atoms with E-state index in [0.717, 1.165) is 12.1 Å². The van der Waals surface area contributed by atoms with Crippen LogP contribution in [-0.2, 0) is 10.0 Å². The van der Waals surface area contributed by atoms with Crippen LogP contribution in [0.5, 0.6) is 11.5 Å². The fraction of sp³-hybridized carbons (Fsp3) is 0.350. The van der Waals surface area contributed by atoms with Gasteiger partial charge < -0.3 is 19.7 Å². The van der Waals surface area contributed by atoms with Crippen molar-refractivity contribution < 1.29 is 27.1 Å². The smallest absolute Gasteiger partial charge is 0.321 e. The molecule has 2 amide bonds. The first kappa shape index (κ1) is 23.1. The lowest BCUT2D eigenvalue weighted by atomic mass is 10.1. The Labute approximate surface area is 185 Å². The van der Waals surface area contributed by atoms with Gasteiger partial charge in [0.25, 0.3) is 0 Å². The molecule has 3 rings (SSSR count). The first-order chi connectivity index (χ1) is 14.7. The molecule has 0 bridgehead atoms. The molecule has 1 saturated heterocycles. The predicted molar refractivity (Wildman–Crippen MR) is 115 cm³/mol. The van der Waals surface area contributed by atoms with Crippen LogP contribution in [-0.4, -0.2) is 52.7 Å². The van der Waals surface area contributed by atoms with Crippen LogP contribution in [0.25, 0.3) is 0 Å². The van der Waals surface area contributed by atoms with Crippen molar-refractivity contribution in [1.82, 2.24) is 9.62 Å². The van der Waals surface area contributed by atoms with E-state index in [1.807, 2.05) is 0 Å². The van der Waals surface area contributed by atoms with Gasteiger partial charge in [0.15, 0.2) is 0 Å². The second-order valence-corrected chi connectivity index (χ2v) is 9.07. The molecule has 31 heavy (non-hydrogen) atoms. The summed E-state index contributed by atoms with van der Waals surface area (Å²) >= 11 is 6.14. The molecule has 1 fully saturated rings. The summed E-state index contributed by atoms with van der Waals surface area (Å²) in [7, 11) is -0.813. The van der Waals surface area contributed by atoms with E-state index in [9.17, 15) is 17.6 Å². The van der Waals surface area contributed by atoms with Gasteiger partial charge >= 0.3 is 6.03 Å². The van der Waals surface area contributed by atoms with E-state index >= 15 is 0 Å². The van der Waals surface area contributed by atoms with E-state index < -0.39 is 15.8 Å². The highest BCUT2D eigenvalue weighted by Gasteiger charge is 2.27. The number of ether oxygens (including phenoxy) is 2. The Morgan fingerprint density at radius 2 is 1.71 bits per heavy atom. The number of carbonyl (C=O) groups is 1. The summed E-state index contributed by atoms with van der Waals surface area (Å²) in [5.74, 6) is 0.315. The van der Waals surface area contributed by atoms with Gasteiger partial charge in [0, 0.05) is 25.2 Å². The van der Waals surface area contributed by atoms with Crippen molar-refractivity contribution in [2.75, 3.05) is 32.6 Å². The lowest BCUT2D eigenvalue weighted by molar-refractivity contribution is 0.193. The number of nitrogens with one attached hydrogen (secondary N) is 2. The normalized spacial score (nSPS) is 14.9. The standard InChI is InChI=1S/C20H23ClFN3O5S/c1-29-18-12-19(30-2)17(11-16(18)21)23-20(26)25-9-7-14(8-10-25)24-31(27,28)15-5-3-13(22)4-6-15/h3-6,11-12,14,24H,7-10H2,1-2H3,(H,23,26). The number of hydrogen-bond donors (Lipinski definition) is 2. The molecule has 0 aliphatic carbocycles. The van der Waals surface area contributed by atoms with Crippen molar-refractivity contribution in [3.05, 3.63) is 47.2 Å². The van der Waals surface area contributed by atoms with Gasteiger partial charge in [0.1, 0.15) is 17.3 Å². The van der Waals surface area contributed by atoms with Gasteiger partial charge in [0.05, 0.1) is 29.8 Å². The molecule has 0 atom stereocenters. The number of sulfonamides is 1. The van der Waals surface area contributed by atoms with Gasteiger partial charge in [-0.2, -0.15) is 0 Å². The molecule has 0 spiro atoms. The Bertz CT molecular complexity index is 1040. The first-order valence-electron chi connectivity index (χ1n) is 9.49. The van der Waals surface area contributed by atoms with Gasteiger partial charge in [-0.1, -0.05) is 11.6 Å². The summed E-state index contributed by atoms with van der Waals surface area (Å²) in [6, 6.07) is 7.07. The average molecular weight is 472 g/mol. The van der Waals surface area contributed by atoms with Crippen LogP contribution in [0, 0.1) is 5.82 Å². The number of anilines is 1. The second kappa shape index (κ2) is 9.71. The fourth-order valence-corrected chi connectivity index (χ4v) is 4.80. The minimum atomic E-state index is -3.76. The van der Waals surface area contributed by atoms with Crippen LogP contribution >= 0.6 is 11.6 Å². The Morgan fingerprint density at radius 3 is 2.29 bits per heavy atom. The zero-order valence-electron chi connectivity index (χ0n) is 17.0. The summed E-state index contributed by atoms with van der Waals surface area (Å²) in [5.41, 5.74) is 0.400. The Hall–Kier alpha value is -2.56. The predicted octanol–water partition coefficient (Wildman–Crippen LogP) is 3.47. The Kier molecular flexibility index (Phi) is 7.24. The molecule has 0 radical (unpaired) electrons. The number of likely N-dealkylation sites (tertiary alicyclic amines) is 1. The molecule has 8 nitrogen and oxygen atoms in total. The summed E-state index contributed by atoms with van der Waals surface area (Å²) in [4.78, 5) is 14.2. The average Bonchev–Trinajstić information content (AvgIpc) is 2.74. The minimum absolute atomic E-state index is 0.00227. The molecule has 168 valence electrons. The minimum Gasteiger partial charge on any atom is -0.495 e. The van der Waals surface area contributed by atoms with Crippen molar-refractivity contribution in [2.45, 2.75) is 23.8 Å². The lowest BCUT2D eigenvalue weighted by Crippen LogP contribution is -2.47. The largest absolute Gasteiger partial charge is 0.495 e. The van der Waals surface area contributed by atoms with Crippen LogP contribution in [0.15, 0.2) is 41.3 Å². The molecular weight excluding hydrogens is 449 g/mol. The van der Waals surface area contributed by atoms with E-state index in [2.05, 4.69) is 10.0 Å². The molecule has 0 unspecified atom stereocenters. The summed E-state index contributed by atoms with van der Waals surface area (Å²) < 4.78 is 51.0. The molecule has 1 aliphatic rings. The number of urea groups is 1. The van der Waals surface area contributed by atoms with E-state index in [0.29, 0.717) is 48.1 Å². The number of benzene rings is 2. The maximum Gasteiger partial charge on any atom is 0.321 e. The third kappa shape index (κ3) is 5.57. The third-order valence-corrected chi connectivity index (χ3v) is 6.78. The van der Waals surface area contributed by atoms with Crippen molar-refractivity contribution in [1.29, 1.82) is 0 Å². The summed E-state index contributed by atoms with van der Waals surface area (Å²) in [5, 5.41) is 3.09. The lowest BCUT2D eigenvalue weighted by Gasteiger charge is -2.32. The monoisotopic (exact) mass is 471 g/mol. The van der Waals surface area contributed by atoms with Crippen LogP contribution < -0.4 is 19.5 Å². The summed E-state index contributed by atoms with van der Waals surface area (Å²) in [6.45, 7) is 0.712. The molecule has 2 aromatic carbocycles. The molecule has 0 aromatic heterocycles. The van der Waals surface area contributed by atoms with Crippen LogP contribution in [0.2, 0.25) is 5.02 Å². The Morgan fingerprint density at radius 1 is 1.10 bits per heavy atom. The molecule has 0 saturated carbocycles. The topological polar surface area (TPSA) is 97.0 Å². The van der Waals surface area contributed by atoms with Crippen LogP contribution in [0.3, 0.4) is 0 Å². The highest BCUT2D eigenvalue weighted by atomic mass is 35.5. The Balaban J connectivity index is 1.59. The quantitative estimate of drug-likeness (QED) is 0.672. The SMILES string of the molecule is COc1cc(OC)c(NC(=O)N2CCC(NS(=O)(=O)c3ccc(F)cc3)CC2)cc1Cl. The maximum absolute atomic E-state index is 13.0. The zero-order valence-corrected chi connectivity index (χ0v) is 18.6. The van der Waals surface area contributed by atoms with E-state index in [1.54, 1.807) is 17.0 Å². The number of methoxy groups -OCH3 is 2. The second-order valence-electron chi connectivity index (χ2n) is 6.95. The van der Waals surface area contributed by atoms with E-state index in [-0.39, 0.29) is 17.0 Å². The molecule has 2 aromatic rings. The third-order valence-electron chi connectivity index (χ3n) is 4.94. The molecule has 2 N–H and O–H groups in total. The number of nitrogens with zero attached hydrogens (tertiary/aromatic N) is 1. The number of halogens is 2. The highest BCUT2D eigenvalue weighted by molar-refractivity contribution is 7.89. The summed E-state index contributed by atoms with van der Waals surface area (Å²) in [6.07, 6.45) is 0.878. The van der Waals surface area contributed by atoms with Gasteiger partial charge in [-0.05, 0) is 43.2 Å². The van der Waals surface area contributed by atoms with Crippen LogP contribution in [0.4, 0.5) is 14.9 Å². The van der Waals surface area contributed by atoms with Crippen LogP contribution in [0.1, 0.15) is 12.8 Å². The van der Waals surface area contributed by atoms with Crippen molar-refractivity contribution in [2.24, 2.45) is 0 Å². The van der Waals surface area contributed by atoms with Gasteiger partial charge in [-0.3, -0.25) is 0 Å². The maximum atomic E-state index is 13.0. The first-order valence-corrected chi connectivity index (χ1v) is 11.3. The highest BCUT2D eigenvalue weighted by Crippen LogP contribution is 2.36. The van der Waals surface area contributed by atoms with Gasteiger partial charge in [-0.25, -0.2) is 22.3 Å².